The van der Waals surface area contributed by atoms with Crippen molar-refractivity contribution < 1.29 is 14.9 Å². The van der Waals surface area contributed by atoms with E-state index >= 15 is 0 Å². The highest BCUT2D eigenvalue weighted by Gasteiger charge is 2.21. The number of nitrogen functional groups attached to an aromatic ring is 1. The van der Waals surface area contributed by atoms with Crippen LogP contribution in [0.2, 0.25) is 5.02 Å². The molecule has 0 spiro atoms. The first kappa shape index (κ1) is 13.1. The van der Waals surface area contributed by atoms with Gasteiger partial charge in [0.1, 0.15) is 11.9 Å². The van der Waals surface area contributed by atoms with Crippen molar-refractivity contribution in [3.8, 4) is 5.75 Å². The van der Waals surface area contributed by atoms with Crippen molar-refractivity contribution in [1.29, 1.82) is 0 Å². The summed E-state index contributed by atoms with van der Waals surface area (Å²) in [6.07, 6.45) is -2.24. The van der Waals surface area contributed by atoms with Crippen LogP contribution in [0.25, 0.3) is 0 Å². The minimum absolute atomic E-state index is 0.0653. The highest BCUT2D eigenvalue weighted by atomic mass is 35.5. The molecule has 1 rings (SSSR count). The number of methoxy groups -OCH3 is 1. The van der Waals surface area contributed by atoms with Crippen LogP contribution in [0.5, 0.6) is 5.75 Å². The van der Waals surface area contributed by atoms with Gasteiger partial charge in [0.2, 0.25) is 0 Å². The Hall–Kier alpha value is -1.01. The third-order valence-electron chi connectivity index (χ3n) is 2.27. The van der Waals surface area contributed by atoms with E-state index in [-0.39, 0.29) is 11.6 Å². The van der Waals surface area contributed by atoms with Gasteiger partial charge in [0.25, 0.3) is 0 Å². The lowest BCUT2D eigenvalue weighted by molar-refractivity contribution is 0.0243. The first-order chi connectivity index (χ1) is 7.51. The third kappa shape index (κ3) is 2.56. The Labute approximate surface area is 98.6 Å². The van der Waals surface area contributed by atoms with Crippen LogP contribution in [0.4, 0.5) is 5.69 Å². The number of nitrogens with two attached hydrogens (primary N) is 2. The topological polar surface area (TPSA) is 102 Å². The number of halogens is 1. The quantitative estimate of drug-likeness (QED) is 0.572. The second kappa shape index (κ2) is 5.36. The number of anilines is 1. The summed E-state index contributed by atoms with van der Waals surface area (Å²) in [5.74, 6) is 0.391. The lowest BCUT2D eigenvalue weighted by Crippen LogP contribution is -2.27. The Morgan fingerprint density at radius 3 is 2.56 bits per heavy atom. The monoisotopic (exact) mass is 246 g/mol. The first-order valence-electron chi connectivity index (χ1n) is 4.70. The molecule has 0 saturated heterocycles. The first-order valence-corrected chi connectivity index (χ1v) is 5.08. The van der Waals surface area contributed by atoms with Gasteiger partial charge in [-0.2, -0.15) is 0 Å². The average Bonchev–Trinajstić information content (AvgIpc) is 2.27. The highest BCUT2D eigenvalue weighted by molar-refractivity contribution is 6.31. The van der Waals surface area contributed by atoms with E-state index in [0.29, 0.717) is 17.0 Å². The summed E-state index contributed by atoms with van der Waals surface area (Å²) in [4.78, 5) is 0. The smallest absolute Gasteiger partial charge is 0.142 e. The molecule has 16 heavy (non-hydrogen) atoms. The molecule has 0 aromatic heterocycles. The van der Waals surface area contributed by atoms with Gasteiger partial charge < -0.3 is 26.4 Å². The summed E-state index contributed by atoms with van der Waals surface area (Å²) >= 11 is 5.91. The molecule has 0 aliphatic rings. The molecular formula is C10H15ClN2O3. The summed E-state index contributed by atoms with van der Waals surface area (Å²) < 4.78 is 5.00. The summed E-state index contributed by atoms with van der Waals surface area (Å²) in [5.41, 5.74) is 11.6. The standard InChI is InChI=1S/C10H15ClN2O3/c1-16-9-2-5(6(11)3-7(9)13)10(15)8(14)4-12/h2-3,8,10,14-15H,4,12-13H2,1H3. The van der Waals surface area contributed by atoms with Gasteiger partial charge in [-0.3, -0.25) is 0 Å². The van der Waals surface area contributed by atoms with E-state index in [2.05, 4.69) is 0 Å². The number of aliphatic hydroxyl groups is 2. The van der Waals surface area contributed by atoms with Crippen LogP contribution in [0.15, 0.2) is 12.1 Å². The van der Waals surface area contributed by atoms with E-state index in [9.17, 15) is 10.2 Å². The predicted octanol–water partition coefficient (Wildman–Crippen LogP) is 0.284. The molecule has 90 valence electrons. The normalized spacial score (nSPS) is 14.6. The molecule has 2 unspecified atom stereocenters. The molecule has 0 fully saturated rings. The number of benzene rings is 1. The van der Waals surface area contributed by atoms with Crippen molar-refractivity contribution in [1.82, 2.24) is 0 Å². The maximum absolute atomic E-state index is 9.77. The van der Waals surface area contributed by atoms with Crippen molar-refractivity contribution in [2.24, 2.45) is 5.73 Å². The molecule has 0 aliphatic carbocycles. The van der Waals surface area contributed by atoms with Gasteiger partial charge in [-0.15, -0.1) is 0 Å². The molecule has 6 N–H and O–H groups in total. The zero-order valence-electron chi connectivity index (χ0n) is 8.85. The van der Waals surface area contributed by atoms with Crippen molar-refractivity contribution in [2.45, 2.75) is 12.2 Å². The number of ether oxygens (including phenoxy) is 1. The van der Waals surface area contributed by atoms with Crippen LogP contribution in [0.1, 0.15) is 11.7 Å². The van der Waals surface area contributed by atoms with Crippen LogP contribution < -0.4 is 16.2 Å². The summed E-state index contributed by atoms with van der Waals surface area (Å²) in [6.45, 7) is -0.0653. The fourth-order valence-corrected chi connectivity index (χ4v) is 1.61. The zero-order chi connectivity index (χ0) is 12.3. The molecule has 0 amide bonds. The van der Waals surface area contributed by atoms with E-state index in [1.165, 1.54) is 19.2 Å². The predicted molar refractivity (Wildman–Crippen MR) is 62.4 cm³/mol. The second-order valence-electron chi connectivity index (χ2n) is 3.36. The van der Waals surface area contributed by atoms with E-state index < -0.39 is 12.2 Å². The van der Waals surface area contributed by atoms with Gasteiger partial charge in [0.05, 0.1) is 18.9 Å². The highest BCUT2D eigenvalue weighted by Crippen LogP contribution is 2.33. The fraction of sp³-hybridized carbons (Fsp3) is 0.400. The van der Waals surface area contributed by atoms with Crippen molar-refractivity contribution in [3.63, 3.8) is 0 Å². The maximum Gasteiger partial charge on any atom is 0.142 e. The van der Waals surface area contributed by atoms with E-state index in [1.807, 2.05) is 0 Å². The lowest BCUT2D eigenvalue weighted by Gasteiger charge is -2.19. The molecule has 2 atom stereocenters. The number of aliphatic hydroxyl groups excluding tert-OH is 2. The van der Waals surface area contributed by atoms with Gasteiger partial charge in [0, 0.05) is 17.1 Å². The van der Waals surface area contributed by atoms with Crippen LogP contribution >= 0.6 is 11.6 Å². The van der Waals surface area contributed by atoms with E-state index in [4.69, 9.17) is 27.8 Å². The molecule has 0 radical (unpaired) electrons. The van der Waals surface area contributed by atoms with E-state index in [0.717, 1.165) is 0 Å². The lowest BCUT2D eigenvalue weighted by atomic mass is 10.0. The zero-order valence-corrected chi connectivity index (χ0v) is 9.61. The maximum atomic E-state index is 9.77. The Morgan fingerprint density at radius 1 is 1.44 bits per heavy atom. The molecule has 1 aromatic rings. The molecule has 0 heterocycles. The van der Waals surface area contributed by atoms with Gasteiger partial charge in [-0.25, -0.2) is 0 Å². The third-order valence-corrected chi connectivity index (χ3v) is 2.60. The van der Waals surface area contributed by atoms with Crippen LogP contribution in [0.3, 0.4) is 0 Å². The van der Waals surface area contributed by atoms with Gasteiger partial charge in [-0.1, -0.05) is 11.6 Å². The molecular weight excluding hydrogens is 232 g/mol. The van der Waals surface area contributed by atoms with Crippen molar-refractivity contribution in [3.05, 3.63) is 22.7 Å². The van der Waals surface area contributed by atoms with Crippen LogP contribution in [-0.4, -0.2) is 30.0 Å². The number of hydrogen-bond acceptors (Lipinski definition) is 5. The van der Waals surface area contributed by atoms with Crippen molar-refractivity contribution in [2.75, 3.05) is 19.4 Å². The van der Waals surface area contributed by atoms with Crippen molar-refractivity contribution >= 4 is 17.3 Å². The van der Waals surface area contributed by atoms with Gasteiger partial charge in [0.15, 0.2) is 0 Å². The largest absolute Gasteiger partial charge is 0.495 e. The molecule has 1 aromatic carbocycles. The van der Waals surface area contributed by atoms with Gasteiger partial charge in [-0.05, 0) is 12.1 Å². The van der Waals surface area contributed by atoms with Crippen LogP contribution in [-0.2, 0) is 0 Å². The summed E-state index contributed by atoms with van der Waals surface area (Å²) in [7, 11) is 1.45. The molecule has 0 aliphatic heterocycles. The van der Waals surface area contributed by atoms with Crippen LogP contribution in [0, 0.1) is 0 Å². The second-order valence-corrected chi connectivity index (χ2v) is 3.77. The molecule has 0 bridgehead atoms. The number of rotatable bonds is 4. The minimum atomic E-state index is -1.16. The van der Waals surface area contributed by atoms with Gasteiger partial charge >= 0.3 is 0 Å². The Morgan fingerprint density at radius 2 is 2.06 bits per heavy atom. The molecule has 5 nitrogen and oxygen atoms in total. The minimum Gasteiger partial charge on any atom is -0.495 e. The fourth-order valence-electron chi connectivity index (χ4n) is 1.32. The van der Waals surface area contributed by atoms with E-state index in [1.54, 1.807) is 0 Å². The Balaban J connectivity index is 3.13. The molecule has 6 heteroatoms. The molecule has 0 saturated carbocycles. The summed E-state index contributed by atoms with van der Waals surface area (Å²) in [6, 6.07) is 2.95. The number of hydrogen-bond donors (Lipinski definition) is 4. The average molecular weight is 247 g/mol. The SMILES string of the molecule is COc1cc(C(O)C(O)CN)c(Cl)cc1N. The summed E-state index contributed by atoms with van der Waals surface area (Å²) in [5, 5.41) is 19.5. The Kier molecular flexibility index (Phi) is 4.37. The Bertz CT molecular complexity index is 373.